The number of nitrogens with one attached hydrogen (secondary N) is 3. The summed E-state index contributed by atoms with van der Waals surface area (Å²) in [5.41, 5.74) is 2.59. The number of benzene rings is 3. The van der Waals surface area contributed by atoms with Crippen LogP contribution in [0.1, 0.15) is 25.0 Å². The highest BCUT2D eigenvalue weighted by molar-refractivity contribution is 7.89. The molecule has 0 radical (unpaired) electrons. The van der Waals surface area contributed by atoms with Crippen LogP contribution in [0.5, 0.6) is 5.75 Å². The zero-order valence-electron chi connectivity index (χ0n) is 19.7. The van der Waals surface area contributed by atoms with Crippen molar-refractivity contribution >= 4 is 27.5 Å². The molecule has 0 aliphatic heterocycles. The Kier molecular flexibility index (Phi) is 8.99. The lowest BCUT2D eigenvalue weighted by Crippen LogP contribution is -2.45. The molecule has 9 heteroatoms. The highest BCUT2D eigenvalue weighted by Crippen LogP contribution is 2.16. The zero-order chi connectivity index (χ0) is 25.3. The van der Waals surface area contributed by atoms with E-state index in [0.29, 0.717) is 25.3 Å². The Morgan fingerprint density at radius 3 is 2.17 bits per heavy atom. The van der Waals surface area contributed by atoms with Crippen LogP contribution in [0.15, 0.2) is 83.8 Å². The van der Waals surface area contributed by atoms with E-state index in [0.717, 1.165) is 16.9 Å². The van der Waals surface area contributed by atoms with Crippen molar-refractivity contribution in [1.29, 1.82) is 0 Å². The lowest BCUT2D eigenvalue weighted by atomic mass is 10.1. The van der Waals surface area contributed by atoms with Crippen molar-refractivity contribution in [2.24, 2.45) is 0 Å². The molecule has 0 saturated carbocycles. The molecule has 0 aliphatic rings. The van der Waals surface area contributed by atoms with Crippen molar-refractivity contribution in [3.63, 3.8) is 0 Å². The summed E-state index contributed by atoms with van der Waals surface area (Å²) in [6.45, 7) is 3.70. The van der Waals surface area contributed by atoms with Crippen LogP contribution >= 0.6 is 0 Å². The van der Waals surface area contributed by atoms with Gasteiger partial charge in [0.2, 0.25) is 21.8 Å². The minimum atomic E-state index is -3.89. The van der Waals surface area contributed by atoms with Gasteiger partial charge in [0.1, 0.15) is 12.4 Å². The van der Waals surface area contributed by atoms with Gasteiger partial charge in [-0.05, 0) is 60.9 Å². The second kappa shape index (κ2) is 12.1. The van der Waals surface area contributed by atoms with E-state index in [1.54, 1.807) is 0 Å². The Morgan fingerprint density at radius 2 is 1.54 bits per heavy atom. The number of carbonyl (C=O) groups is 2. The molecule has 0 aromatic heterocycles. The van der Waals surface area contributed by atoms with E-state index in [2.05, 4.69) is 15.4 Å². The first-order valence-electron chi connectivity index (χ1n) is 11.2. The van der Waals surface area contributed by atoms with Crippen LogP contribution in [-0.4, -0.2) is 32.8 Å². The number of ether oxygens (including phenoxy) is 1. The summed E-state index contributed by atoms with van der Waals surface area (Å²) in [4.78, 5) is 23.5. The maximum Gasteiger partial charge on any atom is 0.241 e. The van der Waals surface area contributed by atoms with Crippen LogP contribution < -0.4 is 20.1 Å². The Morgan fingerprint density at radius 1 is 0.886 bits per heavy atom. The third-order valence-electron chi connectivity index (χ3n) is 5.09. The van der Waals surface area contributed by atoms with Gasteiger partial charge in [-0.25, -0.2) is 8.42 Å². The Labute approximate surface area is 205 Å². The first-order chi connectivity index (χ1) is 16.7. The molecule has 3 rings (SSSR count). The van der Waals surface area contributed by atoms with Crippen molar-refractivity contribution in [2.75, 3.05) is 11.9 Å². The molecular weight excluding hydrogens is 466 g/mol. The van der Waals surface area contributed by atoms with Gasteiger partial charge in [0.15, 0.2) is 0 Å². The van der Waals surface area contributed by atoms with Crippen LogP contribution in [0.2, 0.25) is 0 Å². The van der Waals surface area contributed by atoms with Gasteiger partial charge < -0.3 is 15.4 Å². The monoisotopic (exact) mass is 495 g/mol. The summed E-state index contributed by atoms with van der Waals surface area (Å²) >= 11 is 0. The second-order valence-electron chi connectivity index (χ2n) is 8.01. The van der Waals surface area contributed by atoms with Crippen LogP contribution in [0.3, 0.4) is 0 Å². The predicted molar refractivity (Wildman–Crippen MR) is 134 cm³/mol. The van der Waals surface area contributed by atoms with Crippen LogP contribution in [0, 0.1) is 0 Å². The highest BCUT2D eigenvalue weighted by atomic mass is 32.2. The molecule has 0 fully saturated rings. The van der Waals surface area contributed by atoms with E-state index in [4.69, 9.17) is 4.74 Å². The Bertz CT molecular complexity index is 1230. The standard InChI is InChI=1S/C26H29N3O5S/c1-19(29-35(32,33)25-14-10-23(11-15-25)28-20(2)30)26(31)27-17-16-21-8-12-24(13-9-21)34-18-22-6-4-3-5-7-22/h3-15,19,29H,16-18H2,1-2H3,(H,27,31)(H,28,30)/t19-/m0/s1. The van der Waals surface area contributed by atoms with Gasteiger partial charge in [-0.3, -0.25) is 9.59 Å². The van der Waals surface area contributed by atoms with Crippen LogP contribution in [0.25, 0.3) is 0 Å². The number of anilines is 1. The molecule has 35 heavy (non-hydrogen) atoms. The van der Waals surface area contributed by atoms with Gasteiger partial charge in [0.25, 0.3) is 0 Å². The van der Waals surface area contributed by atoms with E-state index < -0.39 is 22.0 Å². The van der Waals surface area contributed by atoms with Gasteiger partial charge in [-0.15, -0.1) is 0 Å². The summed E-state index contributed by atoms with van der Waals surface area (Å²) in [5.74, 6) is 0.0809. The normalized spacial score (nSPS) is 11.9. The van der Waals surface area contributed by atoms with Crippen molar-refractivity contribution in [3.8, 4) is 5.75 Å². The average Bonchev–Trinajstić information content (AvgIpc) is 2.84. The van der Waals surface area contributed by atoms with Crippen molar-refractivity contribution in [1.82, 2.24) is 10.0 Å². The summed E-state index contributed by atoms with van der Waals surface area (Å²) in [5, 5.41) is 5.32. The number of sulfonamides is 1. The maximum absolute atomic E-state index is 12.6. The molecule has 0 aliphatic carbocycles. The van der Waals surface area contributed by atoms with Crippen LogP contribution in [-0.2, 0) is 32.6 Å². The maximum atomic E-state index is 12.6. The van der Waals surface area contributed by atoms with Gasteiger partial charge in [-0.2, -0.15) is 4.72 Å². The van der Waals surface area contributed by atoms with Crippen molar-refractivity contribution in [2.45, 2.75) is 37.8 Å². The van der Waals surface area contributed by atoms with Crippen molar-refractivity contribution in [3.05, 3.63) is 90.0 Å². The molecule has 0 unspecified atom stereocenters. The van der Waals surface area contributed by atoms with E-state index in [9.17, 15) is 18.0 Å². The molecule has 3 aromatic carbocycles. The smallest absolute Gasteiger partial charge is 0.241 e. The first kappa shape index (κ1) is 25.9. The number of amides is 2. The molecule has 0 saturated heterocycles. The molecule has 2 amide bonds. The summed E-state index contributed by atoms with van der Waals surface area (Å²) in [6, 6.07) is 22.3. The molecule has 8 nitrogen and oxygen atoms in total. The van der Waals surface area contributed by atoms with Crippen LogP contribution in [0.4, 0.5) is 5.69 Å². The minimum absolute atomic E-state index is 0.000764. The van der Waals surface area contributed by atoms with Gasteiger partial charge >= 0.3 is 0 Å². The van der Waals surface area contributed by atoms with Gasteiger partial charge in [-0.1, -0.05) is 42.5 Å². The molecule has 184 valence electrons. The molecule has 3 N–H and O–H groups in total. The Hall–Kier alpha value is -3.69. The molecule has 3 aromatic rings. The lowest BCUT2D eigenvalue weighted by Gasteiger charge is -2.15. The second-order valence-corrected chi connectivity index (χ2v) is 9.72. The largest absolute Gasteiger partial charge is 0.489 e. The quantitative estimate of drug-likeness (QED) is 0.378. The average molecular weight is 496 g/mol. The fraction of sp³-hybridized carbons (Fsp3) is 0.231. The predicted octanol–water partition coefficient (Wildman–Crippen LogP) is 3.25. The number of carbonyl (C=O) groups excluding carboxylic acids is 2. The summed E-state index contributed by atoms with van der Waals surface area (Å²) < 4.78 is 33.3. The number of hydrogen-bond acceptors (Lipinski definition) is 5. The van der Waals surface area contributed by atoms with Gasteiger partial charge in [0, 0.05) is 19.2 Å². The molecule has 1 atom stereocenters. The number of rotatable bonds is 11. The number of hydrogen-bond donors (Lipinski definition) is 3. The lowest BCUT2D eigenvalue weighted by molar-refractivity contribution is -0.122. The van der Waals surface area contributed by atoms with E-state index in [1.165, 1.54) is 38.1 Å². The van der Waals surface area contributed by atoms with E-state index >= 15 is 0 Å². The topological polar surface area (TPSA) is 114 Å². The fourth-order valence-corrected chi connectivity index (χ4v) is 4.45. The third kappa shape index (κ3) is 8.24. The molecule has 0 spiro atoms. The SMILES string of the molecule is CC(=O)Nc1ccc(S(=O)(=O)N[C@@H](C)C(=O)NCCc2ccc(OCc3ccccc3)cc2)cc1. The Balaban J connectivity index is 1.43. The molecule has 0 bridgehead atoms. The minimum Gasteiger partial charge on any atom is -0.489 e. The fourth-order valence-electron chi connectivity index (χ4n) is 3.25. The van der Waals surface area contributed by atoms with E-state index in [1.807, 2.05) is 54.6 Å². The van der Waals surface area contributed by atoms with Crippen molar-refractivity contribution < 1.29 is 22.7 Å². The molecule has 0 heterocycles. The summed E-state index contributed by atoms with van der Waals surface area (Å²) in [7, 11) is -3.89. The highest BCUT2D eigenvalue weighted by Gasteiger charge is 2.21. The third-order valence-corrected chi connectivity index (χ3v) is 6.65. The van der Waals surface area contributed by atoms with E-state index in [-0.39, 0.29) is 10.8 Å². The van der Waals surface area contributed by atoms with Gasteiger partial charge in [0.05, 0.1) is 10.9 Å². The summed E-state index contributed by atoms with van der Waals surface area (Å²) in [6.07, 6.45) is 0.592. The first-order valence-corrected chi connectivity index (χ1v) is 12.6. The zero-order valence-corrected chi connectivity index (χ0v) is 20.5. The molecular formula is C26H29N3O5S.